The molecule has 2 fully saturated rings. The molecule has 4 aliphatic carbocycles. The molecule has 1 heteroatoms. The summed E-state index contributed by atoms with van der Waals surface area (Å²) in [5.74, 6) is 2.60. The number of allylic oxidation sites excluding steroid dienone is 4. The van der Waals surface area contributed by atoms with Crippen LogP contribution in [0.2, 0.25) is 0 Å². The zero-order valence-electron chi connectivity index (χ0n) is 11.9. The molecule has 1 nitrogen and oxygen atoms in total. The van der Waals surface area contributed by atoms with Crippen molar-refractivity contribution in [2.24, 2.45) is 23.2 Å². The van der Waals surface area contributed by atoms with E-state index in [4.69, 9.17) is 0 Å². The van der Waals surface area contributed by atoms with Crippen LogP contribution in [0, 0.1) is 23.2 Å². The molecule has 2 saturated carbocycles. The van der Waals surface area contributed by atoms with Crippen molar-refractivity contribution in [3.8, 4) is 0 Å². The molecule has 1 N–H and O–H groups in total. The highest BCUT2D eigenvalue weighted by Gasteiger charge is 2.52. The van der Waals surface area contributed by atoms with E-state index in [-0.39, 0.29) is 0 Å². The van der Waals surface area contributed by atoms with Gasteiger partial charge in [0, 0.05) is 6.61 Å². The summed E-state index contributed by atoms with van der Waals surface area (Å²) in [6.07, 6.45) is 16.7. The quantitative estimate of drug-likeness (QED) is 0.698. The van der Waals surface area contributed by atoms with Crippen LogP contribution in [0.4, 0.5) is 0 Å². The molecular weight excluding hydrogens is 232 g/mol. The van der Waals surface area contributed by atoms with Crippen molar-refractivity contribution in [2.75, 3.05) is 6.61 Å². The van der Waals surface area contributed by atoms with Gasteiger partial charge in [-0.05, 0) is 74.5 Å². The second-order valence-corrected chi connectivity index (χ2v) is 7.38. The van der Waals surface area contributed by atoms with Gasteiger partial charge < -0.3 is 5.11 Å². The molecule has 19 heavy (non-hydrogen) atoms. The van der Waals surface area contributed by atoms with Gasteiger partial charge in [0.15, 0.2) is 0 Å². The average Bonchev–Trinajstić information content (AvgIpc) is 2.91. The molecule has 0 aromatic carbocycles. The fraction of sp³-hybridized carbons (Fsp3) is 0.778. The van der Waals surface area contributed by atoms with E-state index in [0.717, 1.165) is 17.8 Å². The number of hydrogen-bond acceptors (Lipinski definition) is 1. The highest BCUT2D eigenvalue weighted by atomic mass is 16.3. The van der Waals surface area contributed by atoms with Gasteiger partial charge in [-0.15, -0.1) is 0 Å². The molecule has 0 unspecified atom stereocenters. The summed E-state index contributed by atoms with van der Waals surface area (Å²) in [7, 11) is 0. The van der Waals surface area contributed by atoms with Crippen molar-refractivity contribution in [2.45, 2.75) is 57.8 Å². The molecule has 0 heterocycles. The molecule has 0 aromatic rings. The smallest absolute Gasteiger partial charge is 0.0490 e. The lowest BCUT2D eigenvalue weighted by Gasteiger charge is -2.51. The van der Waals surface area contributed by atoms with E-state index in [2.05, 4.69) is 12.2 Å². The number of aliphatic hydroxyl groups is 1. The van der Waals surface area contributed by atoms with Crippen molar-refractivity contribution in [1.29, 1.82) is 0 Å². The van der Waals surface area contributed by atoms with Crippen molar-refractivity contribution >= 4 is 0 Å². The molecular formula is C18H26O. The molecule has 0 amide bonds. The Bertz CT molecular complexity index is 433. The highest BCUT2D eigenvalue weighted by molar-refractivity contribution is 5.30. The van der Waals surface area contributed by atoms with Crippen LogP contribution in [0.15, 0.2) is 23.3 Å². The summed E-state index contributed by atoms with van der Waals surface area (Å²) in [5, 5.41) is 9.95. The fourth-order valence-electron chi connectivity index (χ4n) is 5.92. The Morgan fingerprint density at radius 3 is 2.89 bits per heavy atom. The van der Waals surface area contributed by atoms with Crippen LogP contribution in [0.5, 0.6) is 0 Å². The Kier molecular flexibility index (Phi) is 2.88. The first-order valence-electron chi connectivity index (χ1n) is 8.31. The van der Waals surface area contributed by atoms with Crippen molar-refractivity contribution in [3.05, 3.63) is 23.3 Å². The predicted octanol–water partition coefficient (Wildman–Crippen LogP) is 4.23. The number of rotatable bonds is 1. The van der Waals surface area contributed by atoms with Crippen molar-refractivity contribution in [3.63, 3.8) is 0 Å². The van der Waals surface area contributed by atoms with Crippen LogP contribution in [-0.2, 0) is 0 Å². The summed E-state index contributed by atoms with van der Waals surface area (Å²) in [5.41, 5.74) is 3.92. The largest absolute Gasteiger partial charge is 0.396 e. The Balaban J connectivity index is 1.65. The first-order chi connectivity index (χ1) is 9.34. The van der Waals surface area contributed by atoms with Gasteiger partial charge in [0.1, 0.15) is 0 Å². The summed E-state index contributed by atoms with van der Waals surface area (Å²) in [6, 6.07) is 0. The van der Waals surface area contributed by atoms with Crippen molar-refractivity contribution in [1.82, 2.24) is 0 Å². The highest BCUT2D eigenvalue weighted by Crippen LogP contribution is 2.60. The maximum Gasteiger partial charge on any atom is 0.0490 e. The van der Waals surface area contributed by atoms with Gasteiger partial charge in [-0.3, -0.25) is 0 Å². The van der Waals surface area contributed by atoms with Crippen molar-refractivity contribution < 1.29 is 5.11 Å². The fourth-order valence-corrected chi connectivity index (χ4v) is 5.92. The minimum absolute atomic E-state index is 0.323. The molecule has 0 spiro atoms. The van der Waals surface area contributed by atoms with E-state index in [1.54, 1.807) is 5.57 Å². The molecule has 0 aromatic heterocycles. The van der Waals surface area contributed by atoms with Crippen LogP contribution in [0.3, 0.4) is 0 Å². The summed E-state index contributed by atoms with van der Waals surface area (Å²) < 4.78 is 0. The molecule has 4 rings (SSSR count). The normalized spacial score (nSPS) is 44.8. The molecule has 104 valence electrons. The lowest BCUT2D eigenvalue weighted by atomic mass is 9.54. The van der Waals surface area contributed by atoms with E-state index in [1.165, 1.54) is 57.8 Å². The molecule has 0 saturated heterocycles. The SMILES string of the molecule is OC[C@@]12CCC[C@H]1[C@@H]1CCC3=C(CC=CC3)[C@H]1CC2. The van der Waals surface area contributed by atoms with E-state index >= 15 is 0 Å². The molecule has 0 aliphatic heterocycles. The Labute approximate surface area is 116 Å². The van der Waals surface area contributed by atoms with E-state index in [0.29, 0.717) is 12.0 Å². The zero-order valence-corrected chi connectivity index (χ0v) is 11.9. The van der Waals surface area contributed by atoms with E-state index in [1.807, 2.05) is 5.57 Å². The summed E-state index contributed by atoms with van der Waals surface area (Å²) in [6.45, 7) is 0.451. The molecule has 0 radical (unpaired) electrons. The summed E-state index contributed by atoms with van der Waals surface area (Å²) >= 11 is 0. The zero-order chi connectivity index (χ0) is 12.9. The monoisotopic (exact) mass is 258 g/mol. The van der Waals surface area contributed by atoms with Gasteiger partial charge >= 0.3 is 0 Å². The van der Waals surface area contributed by atoms with Crippen LogP contribution in [0.1, 0.15) is 57.8 Å². The second kappa shape index (κ2) is 4.48. The van der Waals surface area contributed by atoms with Crippen LogP contribution >= 0.6 is 0 Å². The number of hydrogen-bond donors (Lipinski definition) is 1. The Morgan fingerprint density at radius 1 is 1.11 bits per heavy atom. The average molecular weight is 258 g/mol. The van der Waals surface area contributed by atoms with Crippen LogP contribution in [0.25, 0.3) is 0 Å². The van der Waals surface area contributed by atoms with E-state index in [9.17, 15) is 5.11 Å². The third-order valence-electron chi connectivity index (χ3n) is 6.83. The second-order valence-electron chi connectivity index (χ2n) is 7.38. The lowest BCUT2D eigenvalue weighted by Crippen LogP contribution is -2.44. The molecule has 0 bridgehead atoms. The lowest BCUT2D eigenvalue weighted by molar-refractivity contribution is -0.0143. The maximum absolute atomic E-state index is 9.95. The topological polar surface area (TPSA) is 20.2 Å². The first-order valence-corrected chi connectivity index (χ1v) is 8.31. The van der Waals surface area contributed by atoms with E-state index < -0.39 is 0 Å². The predicted molar refractivity (Wildman–Crippen MR) is 77.7 cm³/mol. The Morgan fingerprint density at radius 2 is 2.00 bits per heavy atom. The molecule has 4 aliphatic rings. The number of fused-ring (bicyclic) bond motifs is 4. The maximum atomic E-state index is 9.95. The van der Waals surface area contributed by atoms with Gasteiger partial charge in [-0.25, -0.2) is 0 Å². The number of aliphatic hydroxyl groups excluding tert-OH is 1. The van der Waals surface area contributed by atoms with Gasteiger partial charge in [0.25, 0.3) is 0 Å². The Hall–Kier alpha value is -0.560. The third kappa shape index (κ3) is 1.70. The minimum Gasteiger partial charge on any atom is -0.396 e. The van der Waals surface area contributed by atoms with Gasteiger partial charge in [0.05, 0.1) is 0 Å². The third-order valence-corrected chi connectivity index (χ3v) is 6.83. The first kappa shape index (κ1) is 12.2. The summed E-state index contributed by atoms with van der Waals surface area (Å²) in [4.78, 5) is 0. The van der Waals surface area contributed by atoms with Crippen LogP contribution in [-0.4, -0.2) is 11.7 Å². The van der Waals surface area contributed by atoms with Crippen LogP contribution < -0.4 is 0 Å². The van der Waals surface area contributed by atoms with Gasteiger partial charge in [-0.2, -0.15) is 0 Å². The standard InChI is InChI=1S/C18H26O/c19-12-18-10-3-6-17(18)16-8-7-13-4-1-2-5-14(13)15(16)9-11-18/h1-2,15-17,19H,3-12H2/t15-,16-,17+,18+/m1/s1. The minimum atomic E-state index is 0.323. The molecule has 4 atom stereocenters. The van der Waals surface area contributed by atoms with Gasteiger partial charge in [0.2, 0.25) is 0 Å². The van der Waals surface area contributed by atoms with Gasteiger partial charge in [-0.1, -0.05) is 29.7 Å².